The summed E-state index contributed by atoms with van der Waals surface area (Å²) in [4.78, 5) is 23.1. The van der Waals surface area contributed by atoms with Gasteiger partial charge >= 0.3 is 6.18 Å². The third-order valence-electron chi connectivity index (χ3n) is 4.62. The van der Waals surface area contributed by atoms with Crippen molar-refractivity contribution < 1.29 is 22.7 Å². The highest BCUT2D eigenvalue weighted by molar-refractivity contribution is 5.95. The lowest BCUT2D eigenvalue weighted by Gasteiger charge is -2.40. The minimum absolute atomic E-state index is 0.331. The highest BCUT2D eigenvalue weighted by Gasteiger charge is 2.39. The van der Waals surface area contributed by atoms with Gasteiger partial charge in [0.2, 0.25) is 5.95 Å². The van der Waals surface area contributed by atoms with Crippen LogP contribution in [0.2, 0.25) is 0 Å². The predicted molar refractivity (Wildman–Crippen MR) is 82.8 cm³/mol. The number of piperidine rings is 1. The number of anilines is 1. The zero-order chi connectivity index (χ0) is 18.0. The molecule has 0 aromatic carbocycles. The predicted octanol–water partition coefficient (Wildman–Crippen LogP) is 1.01. The van der Waals surface area contributed by atoms with Crippen LogP contribution >= 0.6 is 0 Å². The Hall–Kier alpha value is -1.94. The van der Waals surface area contributed by atoms with Gasteiger partial charge in [-0.1, -0.05) is 0 Å². The van der Waals surface area contributed by atoms with Crippen LogP contribution in [-0.2, 0) is 10.9 Å². The molecule has 0 unspecified atom stereocenters. The van der Waals surface area contributed by atoms with Crippen molar-refractivity contribution in [2.75, 3.05) is 45.1 Å². The van der Waals surface area contributed by atoms with Crippen LogP contribution in [0.4, 0.5) is 19.1 Å². The lowest BCUT2D eigenvalue weighted by Crippen LogP contribution is -2.50. The van der Waals surface area contributed by atoms with Crippen LogP contribution in [0, 0.1) is 0 Å². The number of amides is 1. The number of nitrogens with zero attached hydrogens (tertiary/aromatic N) is 4. The summed E-state index contributed by atoms with van der Waals surface area (Å²) in [6.07, 6.45) is -2.44. The summed E-state index contributed by atoms with van der Waals surface area (Å²) in [6.45, 7) is 3.89. The van der Waals surface area contributed by atoms with E-state index in [9.17, 15) is 18.0 Å². The molecule has 10 heteroatoms. The summed E-state index contributed by atoms with van der Waals surface area (Å²) in [6, 6.07) is 0.331. The van der Waals surface area contributed by atoms with Gasteiger partial charge in [0.25, 0.3) is 5.91 Å². The van der Waals surface area contributed by atoms with Crippen LogP contribution in [-0.4, -0.2) is 71.1 Å². The van der Waals surface area contributed by atoms with Gasteiger partial charge in [-0.15, -0.1) is 0 Å². The molecule has 0 radical (unpaired) electrons. The second-order valence-corrected chi connectivity index (χ2v) is 6.16. The highest BCUT2D eigenvalue weighted by Crippen LogP contribution is 2.31. The average molecular weight is 359 g/mol. The molecule has 0 spiro atoms. The van der Waals surface area contributed by atoms with E-state index in [4.69, 9.17) is 10.5 Å². The summed E-state index contributed by atoms with van der Waals surface area (Å²) in [5, 5.41) is 0. The number of ether oxygens (including phenoxy) is 1. The third-order valence-corrected chi connectivity index (χ3v) is 4.62. The van der Waals surface area contributed by atoms with Gasteiger partial charge in [0.1, 0.15) is 0 Å². The van der Waals surface area contributed by atoms with Crippen molar-refractivity contribution >= 4 is 11.9 Å². The first kappa shape index (κ1) is 17.9. The van der Waals surface area contributed by atoms with Gasteiger partial charge in [-0.05, 0) is 12.8 Å². The first-order valence-electron chi connectivity index (χ1n) is 8.17. The normalized spacial score (nSPS) is 20.7. The molecule has 2 saturated heterocycles. The smallest absolute Gasteiger partial charge is 0.379 e. The molecule has 0 atom stereocenters. The Morgan fingerprint density at radius 1 is 1.20 bits per heavy atom. The minimum Gasteiger partial charge on any atom is -0.379 e. The summed E-state index contributed by atoms with van der Waals surface area (Å²) in [5.74, 6) is -1.21. The van der Waals surface area contributed by atoms with E-state index in [2.05, 4.69) is 14.9 Å². The van der Waals surface area contributed by atoms with E-state index >= 15 is 0 Å². The second kappa shape index (κ2) is 7.12. The molecule has 3 rings (SSSR count). The molecule has 0 bridgehead atoms. The Balaban J connectivity index is 1.69. The van der Waals surface area contributed by atoms with Crippen LogP contribution in [0.5, 0.6) is 0 Å². The maximum Gasteiger partial charge on any atom is 0.434 e. The van der Waals surface area contributed by atoms with E-state index in [0.29, 0.717) is 32.3 Å². The fraction of sp³-hybridized carbons (Fsp3) is 0.667. The molecule has 2 aliphatic heterocycles. The van der Waals surface area contributed by atoms with Crippen molar-refractivity contribution in [3.05, 3.63) is 17.5 Å². The van der Waals surface area contributed by atoms with E-state index in [-0.39, 0.29) is 0 Å². The summed E-state index contributed by atoms with van der Waals surface area (Å²) < 4.78 is 44.7. The first-order valence-corrected chi connectivity index (χ1v) is 8.17. The summed E-state index contributed by atoms with van der Waals surface area (Å²) in [7, 11) is 0. The van der Waals surface area contributed by atoms with E-state index in [0.717, 1.165) is 32.1 Å². The van der Waals surface area contributed by atoms with Gasteiger partial charge in [0.15, 0.2) is 5.69 Å². The molecule has 2 aliphatic rings. The lowest BCUT2D eigenvalue weighted by atomic mass is 10.0. The number of alkyl halides is 3. The molecule has 25 heavy (non-hydrogen) atoms. The fourth-order valence-corrected chi connectivity index (χ4v) is 3.32. The molecule has 7 nitrogen and oxygen atoms in total. The maximum absolute atomic E-state index is 13.1. The zero-order valence-corrected chi connectivity index (χ0v) is 13.6. The van der Waals surface area contributed by atoms with Crippen LogP contribution in [0.15, 0.2) is 6.20 Å². The Labute approximate surface area is 143 Å². The van der Waals surface area contributed by atoms with Crippen molar-refractivity contribution in [3.63, 3.8) is 0 Å². The van der Waals surface area contributed by atoms with Crippen molar-refractivity contribution in [2.24, 2.45) is 0 Å². The SMILES string of the molecule is Nc1ncc(C(=O)N2CCC(N3CCOCC3)CC2)c(C(F)(F)F)n1. The number of nitrogen functional groups attached to an aromatic ring is 1. The van der Waals surface area contributed by atoms with Gasteiger partial charge in [-0.2, -0.15) is 13.2 Å². The molecular weight excluding hydrogens is 339 g/mol. The molecule has 1 aromatic rings. The topological polar surface area (TPSA) is 84.6 Å². The number of aromatic nitrogens is 2. The molecule has 1 amide bonds. The highest BCUT2D eigenvalue weighted by atomic mass is 19.4. The molecule has 2 fully saturated rings. The quantitative estimate of drug-likeness (QED) is 0.849. The zero-order valence-electron chi connectivity index (χ0n) is 13.6. The average Bonchev–Trinajstić information content (AvgIpc) is 2.61. The number of carbonyl (C=O) groups excluding carboxylic acids is 1. The maximum atomic E-state index is 13.1. The number of carbonyl (C=O) groups is 1. The van der Waals surface area contributed by atoms with Gasteiger partial charge in [-0.25, -0.2) is 9.97 Å². The van der Waals surface area contributed by atoms with Crippen molar-refractivity contribution in [2.45, 2.75) is 25.1 Å². The van der Waals surface area contributed by atoms with Gasteiger partial charge < -0.3 is 15.4 Å². The van der Waals surface area contributed by atoms with Crippen LogP contribution in [0.3, 0.4) is 0 Å². The summed E-state index contributed by atoms with van der Waals surface area (Å²) >= 11 is 0. The van der Waals surface area contributed by atoms with Crippen LogP contribution in [0.25, 0.3) is 0 Å². The van der Waals surface area contributed by atoms with E-state index in [1.54, 1.807) is 0 Å². The van der Waals surface area contributed by atoms with Crippen LogP contribution in [0.1, 0.15) is 28.9 Å². The molecule has 0 aliphatic carbocycles. The number of nitrogens with two attached hydrogens (primary N) is 1. The monoisotopic (exact) mass is 359 g/mol. The standard InChI is InChI=1S/C15H20F3N5O2/c16-15(17,18)12-11(9-20-14(19)21-12)13(24)23-3-1-10(2-4-23)22-5-7-25-8-6-22/h9-10H,1-8H2,(H2,19,20,21). The van der Waals surface area contributed by atoms with Gasteiger partial charge in [0, 0.05) is 38.4 Å². The van der Waals surface area contributed by atoms with Crippen LogP contribution < -0.4 is 5.73 Å². The molecule has 1 aromatic heterocycles. The number of rotatable bonds is 2. The van der Waals surface area contributed by atoms with Crippen molar-refractivity contribution in [1.29, 1.82) is 0 Å². The van der Waals surface area contributed by atoms with Crippen molar-refractivity contribution in [3.8, 4) is 0 Å². The fourth-order valence-electron chi connectivity index (χ4n) is 3.32. The number of halogens is 3. The van der Waals surface area contributed by atoms with Crippen molar-refractivity contribution in [1.82, 2.24) is 19.8 Å². The van der Waals surface area contributed by atoms with E-state index < -0.39 is 29.3 Å². The van der Waals surface area contributed by atoms with E-state index in [1.807, 2.05) is 0 Å². The Bertz CT molecular complexity index is 626. The number of likely N-dealkylation sites (tertiary alicyclic amines) is 1. The van der Waals surface area contributed by atoms with Gasteiger partial charge in [0.05, 0.1) is 18.8 Å². The number of hydrogen-bond acceptors (Lipinski definition) is 6. The molecule has 2 N–H and O–H groups in total. The molecule has 3 heterocycles. The Kier molecular flexibility index (Phi) is 5.09. The van der Waals surface area contributed by atoms with Gasteiger partial charge in [-0.3, -0.25) is 9.69 Å². The third kappa shape index (κ3) is 4.01. The van der Waals surface area contributed by atoms with E-state index in [1.165, 1.54) is 4.90 Å². The molecule has 138 valence electrons. The Morgan fingerprint density at radius 3 is 2.44 bits per heavy atom. The largest absolute Gasteiger partial charge is 0.434 e. The number of morpholine rings is 1. The minimum atomic E-state index is -4.76. The summed E-state index contributed by atoms with van der Waals surface area (Å²) in [5.41, 5.74) is 3.41. The first-order chi connectivity index (χ1) is 11.9. The molecular formula is C15H20F3N5O2. The molecule has 0 saturated carbocycles. The number of hydrogen-bond donors (Lipinski definition) is 1. The second-order valence-electron chi connectivity index (χ2n) is 6.16. The Morgan fingerprint density at radius 2 is 1.84 bits per heavy atom. The lowest BCUT2D eigenvalue weighted by molar-refractivity contribution is -0.141.